The molecular weight excluding hydrogens is 196 g/mol. The molecule has 0 heterocycles. The summed E-state index contributed by atoms with van der Waals surface area (Å²) in [5.74, 6) is 0.763. The average Bonchev–Trinajstić information content (AvgIpc) is 2.25. The lowest BCUT2D eigenvalue weighted by atomic mass is 10.1. The monoisotopic (exact) mass is 228 g/mol. The third-order valence-electron chi connectivity index (χ3n) is 2.74. The van der Waals surface area contributed by atoms with E-state index in [1.165, 1.54) is 45.1 Å². The maximum atomic E-state index is 3.49. The maximum Gasteiger partial charge on any atom is 0.00768 e. The number of unbranched alkanes of at least 4 members (excludes halogenated alkanes) is 5. The summed E-state index contributed by atoms with van der Waals surface area (Å²) in [4.78, 5) is 0. The summed E-state index contributed by atoms with van der Waals surface area (Å²) in [5, 5.41) is 6.93. The Labute approximate surface area is 103 Å². The zero-order valence-corrected chi connectivity index (χ0v) is 11.6. The summed E-state index contributed by atoms with van der Waals surface area (Å²) in [6, 6.07) is 0. The summed E-state index contributed by atoms with van der Waals surface area (Å²) >= 11 is 0. The van der Waals surface area contributed by atoms with Crippen LogP contribution < -0.4 is 10.6 Å². The largest absolute Gasteiger partial charge is 0.315 e. The Kier molecular flexibility index (Phi) is 12.9. The molecule has 98 valence electrons. The first-order chi connectivity index (χ1) is 7.77. The zero-order valence-electron chi connectivity index (χ0n) is 11.6. The van der Waals surface area contributed by atoms with Crippen molar-refractivity contribution in [2.75, 3.05) is 26.2 Å². The van der Waals surface area contributed by atoms with Crippen molar-refractivity contribution in [2.45, 2.75) is 59.3 Å². The number of rotatable bonds is 12. The van der Waals surface area contributed by atoms with Crippen LogP contribution in [0.4, 0.5) is 0 Å². The topological polar surface area (TPSA) is 24.1 Å². The minimum Gasteiger partial charge on any atom is -0.315 e. The Hall–Kier alpha value is -0.0800. The number of hydrogen-bond acceptors (Lipinski definition) is 2. The molecule has 0 spiro atoms. The molecule has 0 rings (SSSR count). The van der Waals surface area contributed by atoms with E-state index < -0.39 is 0 Å². The molecule has 0 bridgehead atoms. The molecule has 2 heteroatoms. The maximum absolute atomic E-state index is 3.49. The third kappa shape index (κ3) is 13.9. The summed E-state index contributed by atoms with van der Waals surface area (Å²) < 4.78 is 0. The van der Waals surface area contributed by atoms with Gasteiger partial charge in [0.05, 0.1) is 0 Å². The van der Waals surface area contributed by atoms with Gasteiger partial charge in [0.1, 0.15) is 0 Å². The lowest BCUT2D eigenvalue weighted by Crippen LogP contribution is -2.30. The fourth-order valence-electron chi connectivity index (χ4n) is 1.72. The molecule has 0 aromatic heterocycles. The highest BCUT2D eigenvalue weighted by atomic mass is 14.9. The van der Waals surface area contributed by atoms with Crippen LogP contribution in [0, 0.1) is 5.92 Å². The minimum absolute atomic E-state index is 0.763. The van der Waals surface area contributed by atoms with Crippen LogP contribution in [0.15, 0.2) is 0 Å². The second-order valence-corrected chi connectivity index (χ2v) is 5.12. The van der Waals surface area contributed by atoms with Crippen molar-refractivity contribution in [1.29, 1.82) is 0 Å². The van der Waals surface area contributed by atoms with E-state index in [4.69, 9.17) is 0 Å². The summed E-state index contributed by atoms with van der Waals surface area (Å²) in [6.07, 6.45) is 8.33. The second-order valence-electron chi connectivity index (χ2n) is 5.12. The number of hydrogen-bond donors (Lipinski definition) is 2. The lowest BCUT2D eigenvalue weighted by molar-refractivity contribution is 0.524. The summed E-state index contributed by atoms with van der Waals surface area (Å²) in [5.41, 5.74) is 0. The van der Waals surface area contributed by atoms with E-state index >= 15 is 0 Å². The van der Waals surface area contributed by atoms with Gasteiger partial charge in [-0.15, -0.1) is 0 Å². The van der Waals surface area contributed by atoms with E-state index in [1.807, 2.05) is 0 Å². The fourth-order valence-corrected chi connectivity index (χ4v) is 1.72. The highest BCUT2D eigenvalue weighted by Crippen LogP contribution is 2.03. The Morgan fingerprint density at radius 3 is 2.06 bits per heavy atom. The quantitative estimate of drug-likeness (QED) is 0.501. The van der Waals surface area contributed by atoms with Crippen LogP contribution in [0.2, 0.25) is 0 Å². The van der Waals surface area contributed by atoms with E-state index in [0.29, 0.717) is 0 Å². The molecule has 0 radical (unpaired) electrons. The number of nitrogens with one attached hydrogen (secondary N) is 2. The van der Waals surface area contributed by atoms with Gasteiger partial charge in [0.25, 0.3) is 0 Å². The second kappa shape index (κ2) is 13.0. The van der Waals surface area contributed by atoms with E-state index in [9.17, 15) is 0 Å². The van der Waals surface area contributed by atoms with Gasteiger partial charge in [0.15, 0.2) is 0 Å². The molecule has 16 heavy (non-hydrogen) atoms. The molecule has 0 saturated carbocycles. The molecule has 0 atom stereocenters. The predicted molar refractivity (Wildman–Crippen MR) is 74.0 cm³/mol. The van der Waals surface area contributed by atoms with E-state index in [-0.39, 0.29) is 0 Å². The Morgan fingerprint density at radius 2 is 1.38 bits per heavy atom. The Morgan fingerprint density at radius 1 is 0.750 bits per heavy atom. The highest BCUT2D eigenvalue weighted by Gasteiger charge is 1.92. The van der Waals surface area contributed by atoms with Gasteiger partial charge in [-0.3, -0.25) is 0 Å². The van der Waals surface area contributed by atoms with Crippen LogP contribution in [0.5, 0.6) is 0 Å². The van der Waals surface area contributed by atoms with Gasteiger partial charge in [-0.25, -0.2) is 0 Å². The average molecular weight is 228 g/mol. The van der Waals surface area contributed by atoms with Gasteiger partial charge in [-0.2, -0.15) is 0 Å². The van der Waals surface area contributed by atoms with Crippen molar-refractivity contribution >= 4 is 0 Å². The van der Waals surface area contributed by atoms with Gasteiger partial charge < -0.3 is 10.6 Å². The van der Waals surface area contributed by atoms with Gasteiger partial charge in [0, 0.05) is 13.1 Å². The van der Waals surface area contributed by atoms with Crippen LogP contribution in [-0.4, -0.2) is 26.2 Å². The van der Waals surface area contributed by atoms with Gasteiger partial charge in [0.2, 0.25) is 0 Å². The smallest absolute Gasteiger partial charge is 0.00768 e. The predicted octanol–water partition coefficient (Wildman–Crippen LogP) is 3.18. The molecule has 2 nitrogen and oxygen atoms in total. The van der Waals surface area contributed by atoms with Crippen molar-refractivity contribution < 1.29 is 0 Å². The third-order valence-corrected chi connectivity index (χ3v) is 2.74. The molecule has 0 saturated heterocycles. The lowest BCUT2D eigenvalue weighted by Gasteiger charge is -2.08. The van der Waals surface area contributed by atoms with Crippen LogP contribution in [0.1, 0.15) is 59.3 Å². The van der Waals surface area contributed by atoms with Crippen molar-refractivity contribution in [3.8, 4) is 0 Å². The van der Waals surface area contributed by atoms with Gasteiger partial charge in [-0.1, -0.05) is 52.9 Å². The highest BCUT2D eigenvalue weighted by molar-refractivity contribution is 4.54. The molecular formula is C14H32N2. The standard InChI is InChI=1S/C14H32N2/c1-4-5-6-7-8-9-10-15-11-12-16-13-14(2)3/h14-16H,4-13H2,1-3H3. The van der Waals surface area contributed by atoms with Gasteiger partial charge in [-0.05, 0) is 25.4 Å². The van der Waals surface area contributed by atoms with Gasteiger partial charge >= 0.3 is 0 Å². The van der Waals surface area contributed by atoms with Crippen molar-refractivity contribution in [3.05, 3.63) is 0 Å². The van der Waals surface area contributed by atoms with E-state index in [2.05, 4.69) is 31.4 Å². The van der Waals surface area contributed by atoms with Crippen molar-refractivity contribution in [2.24, 2.45) is 5.92 Å². The molecule has 2 N–H and O–H groups in total. The first-order valence-corrected chi connectivity index (χ1v) is 7.18. The first kappa shape index (κ1) is 15.9. The molecule has 0 amide bonds. The zero-order chi connectivity index (χ0) is 12.1. The molecule has 0 aliphatic carbocycles. The van der Waals surface area contributed by atoms with E-state index in [1.54, 1.807) is 0 Å². The van der Waals surface area contributed by atoms with Crippen LogP contribution in [0.25, 0.3) is 0 Å². The molecule has 0 aromatic rings. The van der Waals surface area contributed by atoms with Crippen LogP contribution in [0.3, 0.4) is 0 Å². The molecule has 0 aliphatic heterocycles. The Bertz CT molecular complexity index is 124. The molecule has 0 unspecified atom stereocenters. The fraction of sp³-hybridized carbons (Fsp3) is 1.00. The molecule has 0 aliphatic rings. The summed E-state index contributed by atoms with van der Waals surface area (Å²) in [6.45, 7) is 11.3. The van der Waals surface area contributed by atoms with Crippen LogP contribution >= 0.6 is 0 Å². The Balaban J connectivity index is 2.88. The van der Waals surface area contributed by atoms with Crippen molar-refractivity contribution in [3.63, 3.8) is 0 Å². The van der Waals surface area contributed by atoms with E-state index in [0.717, 1.165) is 25.6 Å². The van der Waals surface area contributed by atoms with Crippen molar-refractivity contribution in [1.82, 2.24) is 10.6 Å². The SMILES string of the molecule is CCCCCCCCNCCNCC(C)C. The molecule has 0 fully saturated rings. The van der Waals surface area contributed by atoms with Crippen LogP contribution in [-0.2, 0) is 0 Å². The summed E-state index contributed by atoms with van der Waals surface area (Å²) in [7, 11) is 0. The molecule has 0 aromatic carbocycles. The first-order valence-electron chi connectivity index (χ1n) is 7.18. The minimum atomic E-state index is 0.763. The normalized spacial score (nSPS) is 11.2.